The van der Waals surface area contributed by atoms with Gasteiger partial charge in [-0.05, 0) is 18.9 Å². The standard InChI is InChI=1S/C12H16O4/c1-14-12-9(4-2-3-6-16-12)10(12)8-5-7-15-11(8)13/h5,9-10H,2-4,6-7H2,1H3/t9-,10-,12-/m0/s1. The molecule has 2 aliphatic heterocycles. The number of carbonyl (C=O) groups excluding carboxylic acids is 1. The van der Waals surface area contributed by atoms with Gasteiger partial charge in [-0.2, -0.15) is 0 Å². The van der Waals surface area contributed by atoms with Crippen LogP contribution in [0.3, 0.4) is 0 Å². The Morgan fingerprint density at radius 2 is 2.38 bits per heavy atom. The van der Waals surface area contributed by atoms with Gasteiger partial charge >= 0.3 is 5.97 Å². The van der Waals surface area contributed by atoms with Crippen LogP contribution in [0.5, 0.6) is 0 Å². The van der Waals surface area contributed by atoms with E-state index < -0.39 is 5.79 Å². The van der Waals surface area contributed by atoms with Crippen LogP contribution >= 0.6 is 0 Å². The SMILES string of the molecule is CO[C@]12OCCCC[C@H]1[C@@H]2C1=CCOC1=O. The Morgan fingerprint density at radius 3 is 3.06 bits per heavy atom. The van der Waals surface area contributed by atoms with Gasteiger partial charge in [-0.1, -0.05) is 6.42 Å². The van der Waals surface area contributed by atoms with Crippen LogP contribution in [0.25, 0.3) is 0 Å². The van der Waals surface area contributed by atoms with Crippen LogP contribution in [0, 0.1) is 11.8 Å². The first-order chi connectivity index (χ1) is 7.79. The molecule has 4 nitrogen and oxygen atoms in total. The number of esters is 1. The molecule has 16 heavy (non-hydrogen) atoms. The topological polar surface area (TPSA) is 44.8 Å². The van der Waals surface area contributed by atoms with Gasteiger partial charge in [0.25, 0.3) is 0 Å². The molecule has 1 aliphatic carbocycles. The van der Waals surface area contributed by atoms with E-state index in [1.807, 2.05) is 6.08 Å². The van der Waals surface area contributed by atoms with Crippen LogP contribution in [0.2, 0.25) is 0 Å². The second-order valence-corrected chi connectivity index (χ2v) is 4.61. The van der Waals surface area contributed by atoms with Gasteiger partial charge in [0.05, 0.1) is 12.5 Å². The van der Waals surface area contributed by atoms with Crippen molar-refractivity contribution < 1.29 is 19.0 Å². The largest absolute Gasteiger partial charge is 0.458 e. The molecule has 0 bridgehead atoms. The van der Waals surface area contributed by atoms with Crippen molar-refractivity contribution in [3.8, 4) is 0 Å². The highest BCUT2D eigenvalue weighted by molar-refractivity contribution is 5.92. The number of carbonyl (C=O) groups is 1. The summed E-state index contributed by atoms with van der Waals surface area (Å²) in [6.45, 7) is 1.13. The molecule has 1 saturated carbocycles. The van der Waals surface area contributed by atoms with Crippen LogP contribution in [0.1, 0.15) is 19.3 Å². The number of cyclic esters (lactones) is 1. The third-order valence-corrected chi connectivity index (χ3v) is 3.89. The third kappa shape index (κ3) is 1.26. The predicted octanol–water partition coefficient (Wildman–Crippen LogP) is 1.26. The maximum absolute atomic E-state index is 11.5. The van der Waals surface area contributed by atoms with Gasteiger partial charge in [0.15, 0.2) is 5.79 Å². The summed E-state index contributed by atoms with van der Waals surface area (Å²) >= 11 is 0. The molecule has 0 amide bonds. The third-order valence-electron chi connectivity index (χ3n) is 3.89. The van der Waals surface area contributed by atoms with Gasteiger partial charge in [-0.15, -0.1) is 0 Å². The molecular formula is C12H16O4. The van der Waals surface area contributed by atoms with Gasteiger partial charge < -0.3 is 14.2 Å². The summed E-state index contributed by atoms with van der Waals surface area (Å²) in [6.07, 6.45) is 5.17. The number of rotatable bonds is 2. The van der Waals surface area contributed by atoms with Crippen LogP contribution in [-0.4, -0.2) is 32.1 Å². The molecule has 0 unspecified atom stereocenters. The lowest BCUT2D eigenvalue weighted by Crippen LogP contribution is -2.23. The molecule has 0 aromatic rings. The predicted molar refractivity (Wildman–Crippen MR) is 55.6 cm³/mol. The minimum absolute atomic E-state index is 0.0906. The zero-order valence-corrected chi connectivity index (χ0v) is 9.40. The van der Waals surface area contributed by atoms with Gasteiger partial charge in [-0.25, -0.2) is 4.79 Å². The maximum Gasteiger partial charge on any atom is 0.334 e. The smallest absolute Gasteiger partial charge is 0.334 e. The number of fused-ring (bicyclic) bond motifs is 1. The lowest BCUT2D eigenvalue weighted by Gasteiger charge is -2.16. The minimum Gasteiger partial charge on any atom is -0.458 e. The van der Waals surface area contributed by atoms with Crippen molar-refractivity contribution >= 4 is 5.97 Å². The Morgan fingerprint density at radius 1 is 1.50 bits per heavy atom. The highest BCUT2D eigenvalue weighted by atomic mass is 16.7. The van der Waals surface area contributed by atoms with E-state index in [-0.39, 0.29) is 11.9 Å². The maximum atomic E-state index is 11.5. The molecular weight excluding hydrogens is 208 g/mol. The number of ether oxygens (including phenoxy) is 3. The minimum atomic E-state index is -0.536. The van der Waals surface area contributed by atoms with Crippen molar-refractivity contribution in [3.05, 3.63) is 11.6 Å². The summed E-state index contributed by atoms with van der Waals surface area (Å²) in [6, 6.07) is 0. The number of methoxy groups -OCH3 is 1. The Bertz CT molecular complexity index is 349. The molecule has 0 aromatic heterocycles. The average Bonchev–Trinajstić information content (AvgIpc) is 2.79. The van der Waals surface area contributed by atoms with Gasteiger partial charge in [0, 0.05) is 18.6 Å². The van der Waals surface area contributed by atoms with Crippen molar-refractivity contribution in [1.82, 2.24) is 0 Å². The molecule has 3 atom stereocenters. The lowest BCUT2D eigenvalue weighted by atomic mass is 10.1. The second kappa shape index (κ2) is 3.57. The Labute approximate surface area is 94.5 Å². The highest BCUT2D eigenvalue weighted by Crippen LogP contribution is 2.61. The summed E-state index contributed by atoms with van der Waals surface area (Å²) in [5, 5.41) is 0. The quantitative estimate of drug-likeness (QED) is 0.662. The normalized spacial score (nSPS) is 42.1. The zero-order chi connectivity index (χ0) is 11.2. The van der Waals surface area contributed by atoms with Crippen molar-refractivity contribution in [1.29, 1.82) is 0 Å². The summed E-state index contributed by atoms with van der Waals surface area (Å²) in [4.78, 5) is 11.5. The molecule has 88 valence electrons. The van der Waals surface area contributed by atoms with E-state index in [4.69, 9.17) is 14.2 Å². The first-order valence-corrected chi connectivity index (χ1v) is 5.86. The Balaban J connectivity index is 1.85. The summed E-state index contributed by atoms with van der Waals surface area (Å²) in [7, 11) is 1.67. The molecule has 2 fully saturated rings. The van der Waals surface area contributed by atoms with E-state index >= 15 is 0 Å². The van der Waals surface area contributed by atoms with Crippen molar-refractivity contribution in [2.24, 2.45) is 11.8 Å². The zero-order valence-electron chi connectivity index (χ0n) is 9.40. The first kappa shape index (κ1) is 10.3. The molecule has 0 N–H and O–H groups in total. The molecule has 1 saturated heterocycles. The Hall–Kier alpha value is -0.870. The molecule has 3 rings (SSSR count). The van der Waals surface area contributed by atoms with Crippen molar-refractivity contribution in [2.45, 2.75) is 25.0 Å². The second-order valence-electron chi connectivity index (χ2n) is 4.61. The van der Waals surface area contributed by atoms with E-state index in [0.29, 0.717) is 12.5 Å². The monoisotopic (exact) mass is 224 g/mol. The first-order valence-electron chi connectivity index (χ1n) is 5.86. The Kier molecular flexibility index (Phi) is 2.30. The highest BCUT2D eigenvalue weighted by Gasteiger charge is 2.70. The van der Waals surface area contributed by atoms with E-state index in [2.05, 4.69) is 0 Å². The molecule has 0 radical (unpaired) electrons. The number of hydrogen-bond donors (Lipinski definition) is 0. The summed E-state index contributed by atoms with van der Waals surface area (Å²) in [5.74, 6) is -0.311. The molecule has 0 aromatic carbocycles. The van der Waals surface area contributed by atoms with E-state index in [9.17, 15) is 4.79 Å². The number of hydrogen-bond acceptors (Lipinski definition) is 4. The summed E-state index contributed by atoms with van der Waals surface area (Å²) in [5.41, 5.74) is 0.758. The molecule has 4 heteroatoms. The van der Waals surface area contributed by atoms with Crippen molar-refractivity contribution in [3.63, 3.8) is 0 Å². The molecule has 2 heterocycles. The van der Waals surface area contributed by atoms with E-state index in [0.717, 1.165) is 31.4 Å². The van der Waals surface area contributed by atoms with E-state index in [1.54, 1.807) is 7.11 Å². The summed E-state index contributed by atoms with van der Waals surface area (Å²) < 4.78 is 16.3. The lowest BCUT2D eigenvalue weighted by molar-refractivity contribution is -0.163. The fourth-order valence-corrected chi connectivity index (χ4v) is 3.07. The van der Waals surface area contributed by atoms with E-state index in [1.165, 1.54) is 0 Å². The van der Waals surface area contributed by atoms with Gasteiger partial charge in [0.2, 0.25) is 0 Å². The van der Waals surface area contributed by atoms with Crippen LogP contribution in [-0.2, 0) is 19.0 Å². The van der Waals surface area contributed by atoms with Gasteiger partial charge in [-0.3, -0.25) is 0 Å². The van der Waals surface area contributed by atoms with Crippen LogP contribution in [0.15, 0.2) is 11.6 Å². The fourth-order valence-electron chi connectivity index (χ4n) is 3.07. The van der Waals surface area contributed by atoms with Crippen molar-refractivity contribution in [2.75, 3.05) is 20.3 Å². The van der Waals surface area contributed by atoms with Crippen LogP contribution in [0.4, 0.5) is 0 Å². The fraction of sp³-hybridized carbons (Fsp3) is 0.750. The molecule has 3 aliphatic rings. The van der Waals surface area contributed by atoms with Crippen LogP contribution < -0.4 is 0 Å². The molecule has 0 spiro atoms. The van der Waals surface area contributed by atoms with Gasteiger partial charge in [0.1, 0.15) is 6.61 Å². The average molecular weight is 224 g/mol.